The molecule has 14 heteroatoms. The Kier molecular flexibility index (Phi) is 12.5. The second kappa shape index (κ2) is 13.5. The van der Waals surface area contributed by atoms with E-state index in [4.69, 9.17) is 25.7 Å². The van der Waals surface area contributed by atoms with E-state index in [0.717, 1.165) is 41.8 Å². The van der Waals surface area contributed by atoms with Gasteiger partial charge >= 0.3 is 12.7 Å². The number of hydrogen-bond acceptors (Lipinski definition) is 9. The predicted octanol–water partition coefficient (Wildman–Crippen LogP) is 3.58. The number of thioether (sulfide) groups is 1. The summed E-state index contributed by atoms with van der Waals surface area (Å²) >= 11 is 4.68. The third kappa shape index (κ3) is 8.75. The molecule has 1 fully saturated rings. The van der Waals surface area contributed by atoms with Crippen LogP contribution in [0.5, 0.6) is 0 Å². The van der Waals surface area contributed by atoms with Crippen LogP contribution in [0, 0.1) is 5.41 Å². The summed E-state index contributed by atoms with van der Waals surface area (Å²) in [6.07, 6.45) is 4.38. The Morgan fingerprint density at radius 1 is 1.22 bits per heavy atom. The van der Waals surface area contributed by atoms with Gasteiger partial charge in [0.25, 0.3) is 5.91 Å². The van der Waals surface area contributed by atoms with E-state index in [1.165, 1.54) is 16.0 Å². The molecule has 186 valence electrons. The molecule has 1 saturated heterocycles. The van der Waals surface area contributed by atoms with Crippen molar-refractivity contribution in [3.05, 3.63) is 0 Å². The lowest BCUT2D eigenvalue weighted by molar-refractivity contribution is -0.121. The van der Waals surface area contributed by atoms with Crippen LogP contribution in [0.25, 0.3) is 0 Å². The van der Waals surface area contributed by atoms with Crippen molar-refractivity contribution < 1.29 is 28.0 Å². The zero-order valence-electron chi connectivity index (χ0n) is 19.9. The smallest absolute Gasteiger partial charge is 0.479 e. The first-order valence-electron chi connectivity index (χ1n) is 10.3. The average molecular weight is 531 g/mol. The normalized spacial score (nSPS) is 18.8. The molecule has 0 spiro atoms. The van der Waals surface area contributed by atoms with E-state index in [1.54, 1.807) is 20.4 Å². The zero-order chi connectivity index (χ0) is 24.5. The van der Waals surface area contributed by atoms with Gasteiger partial charge in [-0.1, -0.05) is 45.2 Å². The second-order valence-corrected chi connectivity index (χ2v) is 14.0. The molecule has 1 unspecified atom stereocenters. The molecule has 1 heterocycles. The Balaban J connectivity index is 2.97. The lowest BCUT2D eigenvalue weighted by atomic mass is 9.97. The van der Waals surface area contributed by atoms with Crippen molar-refractivity contribution in [2.45, 2.75) is 46.5 Å². The van der Waals surface area contributed by atoms with Gasteiger partial charge in [0, 0.05) is 19.5 Å². The Morgan fingerprint density at radius 2 is 1.81 bits per heavy atom. The van der Waals surface area contributed by atoms with Crippen molar-refractivity contribution in [3.63, 3.8) is 0 Å². The van der Waals surface area contributed by atoms with Crippen LogP contribution in [0.4, 0.5) is 4.79 Å². The van der Waals surface area contributed by atoms with E-state index in [2.05, 4.69) is 12.1 Å². The maximum absolute atomic E-state index is 13.3. The van der Waals surface area contributed by atoms with E-state index >= 15 is 0 Å². The SMILES string of the molecule is CCCCCCN([S+]([O-])N(C)C(=O)ON=C(SC)C(=O)N(C)C)P1(=S)OCC(C)(C)CO1. The van der Waals surface area contributed by atoms with Crippen LogP contribution in [0.3, 0.4) is 0 Å². The summed E-state index contributed by atoms with van der Waals surface area (Å²) in [6, 6.07) is 0. The van der Waals surface area contributed by atoms with Gasteiger partial charge in [0.2, 0.25) is 5.04 Å². The summed E-state index contributed by atoms with van der Waals surface area (Å²) in [5.74, 6) is -0.409. The van der Waals surface area contributed by atoms with Crippen molar-refractivity contribution in [1.29, 1.82) is 0 Å². The lowest BCUT2D eigenvalue weighted by Crippen LogP contribution is -2.45. The number of amides is 2. The molecule has 1 atom stereocenters. The van der Waals surface area contributed by atoms with Crippen molar-refractivity contribution in [2.24, 2.45) is 10.6 Å². The van der Waals surface area contributed by atoms with E-state index in [-0.39, 0.29) is 10.5 Å². The van der Waals surface area contributed by atoms with E-state index in [0.29, 0.717) is 19.8 Å². The highest BCUT2D eigenvalue weighted by molar-refractivity contribution is 8.15. The summed E-state index contributed by atoms with van der Waals surface area (Å²) in [7, 11) is 4.44. The summed E-state index contributed by atoms with van der Waals surface area (Å²) in [5, 5.41) is 3.62. The van der Waals surface area contributed by atoms with E-state index < -0.39 is 30.2 Å². The minimum absolute atomic E-state index is 0.00706. The topological polar surface area (TPSA) is 107 Å². The van der Waals surface area contributed by atoms with Gasteiger partial charge in [-0.05, 0) is 28.6 Å². The molecule has 32 heavy (non-hydrogen) atoms. The van der Waals surface area contributed by atoms with E-state index in [1.807, 2.05) is 13.8 Å². The number of rotatable bonds is 9. The molecule has 2 amide bonds. The number of hydrogen-bond donors (Lipinski definition) is 0. The molecule has 0 N–H and O–H groups in total. The van der Waals surface area contributed by atoms with E-state index in [9.17, 15) is 14.1 Å². The van der Waals surface area contributed by atoms with Gasteiger partial charge < -0.3 is 18.5 Å². The molecule has 0 radical (unpaired) electrons. The van der Waals surface area contributed by atoms with Crippen molar-refractivity contribution in [3.8, 4) is 0 Å². The van der Waals surface area contributed by atoms with Crippen LogP contribution >= 0.6 is 18.4 Å². The first-order valence-corrected chi connectivity index (χ1v) is 15.1. The van der Waals surface area contributed by atoms with Crippen molar-refractivity contribution >= 4 is 58.8 Å². The fourth-order valence-electron chi connectivity index (χ4n) is 2.38. The lowest BCUT2D eigenvalue weighted by Gasteiger charge is -2.40. The summed E-state index contributed by atoms with van der Waals surface area (Å²) < 4.78 is 27.4. The Morgan fingerprint density at radius 3 is 2.31 bits per heavy atom. The van der Waals surface area contributed by atoms with Gasteiger partial charge in [0.15, 0.2) is 11.5 Å². The minimum atomic E-state index is -3.06. The van der Waals surface area contributed by atoms with Crippen LogP contribution < -0.4 is 0 Å². The Labute approximate surface area is 204 Å². The predicted molar refractivity (Wildman–Crippen MR) is 133 cm³/mol. The molecule has 1 aliphatic heterocycles. The van der Waals surface area contributed by atoms with Gasteiger partial charge in [-0.25, -0.2) is 4.79 Å². The molecule has 0 bridgehead atoms. The van der Waals surface area contributed by atoms with Crippen LogP contribution in [-0.2, 0) is 42.0 Å². The fourth-order valence-corrected chi connectivity index (χ4v) is 7.69. The van der Waals surface area contributed by atoms with Gasteiger partial charge in [-0.15, -0.1) is 16.1 Å². The first-order chi connectivity index (χ1) is 14.9. The van der Waals surface area contributed by atoms with Crippen molar-refractivity contribution in [1.82, 2.24) is 13.3 Å². The average Bonchev–Trinajstić information content (AvgIpc) is 2.75. The first kappa shape index (κ1) is 29.6. The molecule has 0 saturated carbocycles. The third-order valence-corrected chi connectivity index (χ3v) is 10.4. The Bertz CT molecular complexity index is 711. The number of nitrogens with zero attached hydrogens (tertiary/aromatic N) is 4. The molecule has 0 aromatic carbocycles. The van der Waals surface area contributed by atoms with Crippen LogP contribution in [0.1, 0.15) is 46.5 Å². The molecule has 0 aromatic heterocycles. The highest BCUT2D eigenvalue weighted by Crippen LogP contribution is 2.58. The van der Waals surface area contributed by atoms with Crippen LogP contribution in [0.2, 0.25) is 0 Å². The molecule has 1 rings (SSSR count). The molecule has 0 aromatic rings. The summed E-state index contributed by atoms with van der Waals surface area (Å²) in [6.45, 7) is 4.12. The maximum atomic E-state index is 13.3. The molecular weight excluding hydrogens is 495 g/mol. The van der Waals surface area contributed by atoms with Gasteiger partial charge in [0.05, 0.1) is 26.8 Å². The zero-order valence-corrected chi connectivity index (χ0v) is 23.2. The fraction of sp³-hybridized carbons (Fsp3) is 0.833. The van der Waals surface area contributed by atoms with Crippen LogP contribution in [0.15, 0.2) is 5.16 Å². The number of unbranched alkanes of at least 4 members (excludes halogenated alkanes) is 3. The summed E-state index contributed by atoms with van der Waals surface area (Å²) in [4.78, 5) is 30.7. The summed E-state index contributed by atoms with van der Waals surface area (Å²) in [5.41, 5.74) is -0.204. The van der Waals surface area contributed by atoms with Gasteiger partial charge in [-0.3, -0.25) is 9.63 Å². The standard InChI is InChI=1S/C18H35N4O6PS3/c1-8-9-10-11-12-22(29(30)26-13-18(2,3)14-27-29)32(25)21(6)17(24)28-19-15(31-7)16(23)20(4)5/h8-14H2,1-7H3. The monoisotopic (exact) mass is 530 g/mol. The number of carbonyl (C=O) groups excluding carboxylic acids is 2. The third-order valence-electron chi connectivity index (χ3n) is 4.37. The molecule has 0 aliphatic carbocycles. The number of carbonyl (C=O) groups is 2. The largest absolute Gasteiger partial charge is 0.573 e. The minimum Gasteiger partial charge on any atom is -0.573 e. The number of oxime groups is 1. The quantitative estimate of drug-likeness (QED) is 0.0841. The second-order valence-electron chi connectivity index (χ2n) is 8.20. The van der Waals surface area contributed by atoms with Gasteiger partial charge in [-0.2, -0.15) is 0 Å². The van der Waals surface area contributed by atoms with Crippen molar-refractivity contribution in [2.75, 3.05) is 47.2 Å². The maximum Gasteiger partial charge on any atom is 0.479 e. The Hall–Kier alpha value is -0.400. The highest BCUT2D eigenvalue weighted by atomic mass is 32.5. The molecule has 10 nitrogen and oxygen atoms in total. The molecular formula is C18H35N4O6PS3. The van der Waals surface area contributed by atoms with Crippen LogP contribution in [-0.4, -0.2) is 82.0 Å². The molecule has 1 aliphatic rings. The van der Waals surface area contributed by atoms with Gasteiger partial charge in [0.1, 0.15) is 0 Å². The highest BCUT2D eigenvalue weighted by Gasteiger charge is 2.46.